The molecule has 3 rings (SSSR count). The second-order valence-corrected chi connectivity index (χ2v) is 6.68. The normalized spacial score (nSPS) is 18.1. The molecule has 0 aromatic heterocycles. The number of hydrogen-bond acceptors (Lipinski definition) is 2. The predicted octanol–water partition coefficient (Wildman–Crippen LogP) is 5.64. The molecule has 1 N–H and O–H groups in total. The van der Waals surface area contributed by atoms with E-state index in [1.54, 1.807) is 0 Å². The lowest BCUT2D eigenvalue weighted by atomic mass is 9.94. The molecule has 31 heavy (non-hydrogen) atoms. The number of piperidine rings is 1. The van der Waals surface area contributed by atoms with Gasteiger partial charge in [0, 0.05) is 35.4 Å². The summed E-state index contributed by atoms with van der Waals surface area (Å²) in [5, 5.41) is 2.74. The van der Waals surface area contributed by atoms with Gasteiger partial charge in [-0.15, -0.1) is 0 Å². The van der Waals surface area contributed by atoms with E-state index in [4.69, 9.17) is 0 Å². The van der Waals surface area contributed by atoms with Gasteiger partial charge in [-0.2, -0.15) is 26.3 Å². The lowest BCUT2D eigenvalue weighted by molar-refractivity contribution is -0.140. The monoisotopic (exact) mass is 447 g/mol. The highest BCUT2D eigenvalue weighted by Crippen LogP contribution is 2.34. The first-order chi connectivity index (χ1) is 14.4. The molecule has 164 valence electrons. The van der Waals surface area contributed by atoms with E-state index in [1.807, 2.05) is 0 Å². The van der Waals surface area contributed by atoms with Crippen LogP contribution in [0.25, 0.3) is 12.2 Å². The third kappa shape index (κ3) is 4.84. The van der Waals surface area contributed by atoms with E-state index in [2.05, 4.69) is 5.32 Å². The minimum absolute atomic E-state index is 0.114. The van der Waals surface area contributed by atoms with E-state index in [0.717, 1.165) is 36.4 Å². The molecule has 0 atom stereocenters. The van der Waals surface area contributed by atoms with E-state index in [-0.39, 0.29) is 24.2 Å². The maximum Gasteiger partial charge on any atom is 0.419 e. The van der Waals surface area contributed by atoms with E-state index >= 15 is 0 Å². The van der Waals surface area contributed by atoms with Crippen LogP contribution in [-0.4, -0.2) is 18.9 Å². The van der Waals surface area contributed by atoms with Crippen LogP contribution in [0.15, 0.2) is 47.5 Å². The lowest BCUT2D eigenvalue weighted by Crippen LogP contribution is -2.32. The van der Waals surface area contributed by atoms with E-state index in [0.29, 0.717) is 12.1 Å². The molecule has 2 nitrogen and oxygen atoms in total. The molecule has 1 aliphatic rings. The van der Waals surface area contributed by atoms with Crippen LogP contribution in [0.2, 0.25) is 0 Å². The van der Waals surface area contributed by atoms with Crippen LogP contribution in [0.4, 0.5) is 35.1 Å². The van der Waals surface area contributed by atoms with Crippen LogP contribution in [0.5, 0.6) is 0 Å². The van der Waals surface area contributed by atoms with Crippen LogP contribution in [0, 0.1) is 11.6 Å². The molecule has 0 unspecified atom stereocenters. The zero-order chi connectivity index (χ0) is 23.0. The minimum Gasteiger partial charge on any atom is -0.308 e. The topological polar surface area (TPSA) is 29.1 Å². The number of hydrogen-bond donors (Lipinski definition) is 1. The number of alkyl halides is 6. The van der Waals surface area contributed by atoms with Crippen molar-refractivity contribution >= 4 is 17.9 Å². The molecule has 2 aromatic rings. The molecule has 0 radical (unpaired) electrons. The van der Waals surface area contributed by atoms with Crippen molar-refractivity contribution in [2.75, 3.05) is 13.1 Å². The van der Waals surface area contributed by atoms with E-state index < -0.39 is 52.0 Å². The number of nitrogens with one attached hydrogen (secondary N) is 1. The Morgan fingerprint density at radius 3 is 1.45 bits per heavy atom. The van der Waals surface area contributed by atoms with Crippen LogP contribution in [0.3, 0.4) is 0 Å². The van der Waals surface area contributed by atoms with Gasteiger partial charge < -0.3 is 5.32 Å². The van der Waals surface area contributed by atoms with Gasteiger partial charge in [0.2, 0.25) is 0 Å². The number of carbonyl (C=O) groups is 1. The van der Waals surface area contributed by atoms with Crippen molar-refractivity contribution in [1.82, 2.24) is 5.32 Å². The van der Waals surface area contributed by atoms with Crippen molar-refractivity contribution < 1.29 is 39.9 Å². The van der Waals surface area contributed by atoms with E-state index in [9.17, 15) is 39.9 Å². The highest BCUT2D eigenvalue weighted by Gasteiger charge is 2.36. The summed E-state index contributed by atoms with van der Waals surface area (Å²) in [7, 11) is 0. The maximum atomic E-state index is 14.2. The second-order valence-electron chi connectivity index (χ2n) is 6.68. The molecule has 0 spiro atoms. The largest absolute Gasteiger partial charge is 0.419 e. The van der Waals surface area contributed by atoms with Crippen molar-refractivity contribution in [1.29, 1.82) is 0 Å². The van der Waals surface area contributed by atoms with E-state index in [1.165, 1.54) is 0 Å². The van der Waals surface area contributed by atoms with Crippen molar-refractivity contribution in [2.24, 2.45) is 0 Å². The van der Waals surface area contributed by atoms with Crippen molar-refractivity contribution in [3.8, 4) is 0 Å². The number of benzene rings is 2. The first-order valence-corrected chi connectivity index (χ1v) is 8.77. The average Bonchev–Trinajstić information content (AvgIpc) is 2.66. The summed E-state index contributed by atoms with van der Waals surface area (Å²) in [5.74, 6) is -3.86. The van der Waals surface area contributed by atoms with Crippen LogP contribution in [0.1, 0.15) is 22.3 Å². The Balaban J connectivity index is 1.99. The number of carbonyl (C=O) groups excluding carboxylic acids is 1. The third-order valence-corrected chi connectivity index (χ3v) is 4.54. The first kappa shape index (κ1) is 22.7. The van der Waals surface area contributed by atoms with Gasteiger partial charge in [-0.3, -0.25) is 4.79 Å². The fourth-order valence-electron chi connectivity index (χ4n) is 3.07. The number of halogens is 8. The first-order valence-electron chi connectivity index (χ1n) is 8.77. The molecular weight excluding hydrogens is 434 g/mol. The summed E-state index contributed by atoms with van der Waals surface area (Å²) in [4.78, 5) is 12.7. The van der Waals surface area contributed by atoms with Gasteiger partial charge in [-0.05, 0) is 24.3 Å². The summed E-state index contributed by atoms with van der Waals surface area (Å²) >= 11 is 0. The van der Waals surface area contributed by atoms with Gasteiger partial charge in [0.25, 0.3) is 0 Å². The van der Waals surface area contributed by atoms with Gasteiger partial charge in [0.1, 0.15) is 11.6 Å². The zero-order valence-corrected chi connectivity index (χ0v) is 15.5. The standard InChI is InChI=1S/C21H13F8NO/c22-17-11(3-1-5-15(17)20(24,25)26)7-13-9-30-10-14(19(13)31)8-12-4-2-6-16(18(12)23)21(27,28)29/h1-8,30H,9-10H2. The Kier molecular flexibility index (Phi) is 6.04. The Morgan fingerprint density at radius 1 is 0.710 bits per heavy atom. The van der Waals surface area contributed by atoms with Crippen molar-refractivity contribution in [3.05, 3.63) is 81.4 Å². The molecule has 0 amide bonds. The van der Waals surface area contributed by atoms with Gasteiger partial charge in [-0.1, -0.05) is 24.3 Å². The summed E-state index contributed by atoms with van der Waals surface area (Å²) in [5.41, 5.74) is -4.20. The molecule has 0 bridgehead atoms. The molecule has 0 saturated carbocycles. The highest BCUT2D eigenvalue weighted by molar-refractivity contribution is 6.14. The van der Waals surface area contributed by atoms with Crippen molar-refractivity contribution in [2.45, 2.75) is 12.4 Å². The fourth-order valence-corrected chi connectivity index (χ4v) is 3.07. The SMILES string of the molecule is O=C1C(=Cc2cccc(C(F)(F)F)c2F)CNCC1=Cc1cccc(C(F)(F)F)c1F. The molecule has 10 heteroatoms. The van der Waals surface area contributed by atoms with Gasteiger partial charge in [-0.25, -0.2) is 8.78 Å². The van der Waals surface area contributed by atoms with Gasteiger partial charge in [0.15, 0.2) is 5.78 Å². The fraction of sp³-hybridized carbons (Fsp3) is 0.190. The summed E-state index contributed by atoms with van der Waals surface area (Å²) < 4.78 is 106. The van der Waals surface area contributed by atoms with Crippen molar-refractivity contribution in [3.63, 3.8) is 0 Å². The Labute approximate surface area is 170 Å². The highest BCUT2D eigenvalue weighted by atomic mass is 19.4. The molecule has 1 saturated heterocycles. The van der Waals surface area contributed by atoms with Crippen LogP contribution < -0.4 is 5.32 Å². The Hall–Kier alpha value is -3.01. The third-order valence-electron chi connectivity index (χ3n) is 4.54. The van der Waals surface area contributed by atoms with Gasteiger partial charge >= 0.3 is 12.4 Å². The molecule has 1 heterocycles. The molecule has 1 fully saturated rings. The smallest absolute Gasteiger partial charge is 0.308 e. The average molecular weight is 447 g/mol. The number of rotatable bonds is 2. The Bertz CT molecular complexity index is 996. The molecule has 2 aromatic carbocycles. The number of ketones is 1. The van der Waals surface area contributed by atoms with Crippen LogP contribution in [-0.2, 0) is 17.1 Å². The molecule has 1 aliphatic heterocycles. The summed E-state index contributed by atoms with van der Waals surface area (Å²) in [6, 6.07) is 5.17. The Morgan fingerprint density at radius 2 is 1.10 bits per heavy atom. The zero-order valence-electron chi connectivity index (χ0n) is 15.5. The minimum atomic E-state index is -4.93. The van der Waals surface area contributed by atoms with Gasteiger partial charge in [0.05, 0.1) is 11.1 Å². The summed E-state index contributed by atoms with van der Waals surface area (Å²) in [6.07, 6.45) is -8.01. The summed E-state index contributed by atoms with van der Waals surface area (Å²) in [6.45, 7) is -0.228. The van der Waals surface area contributed by atoms with Crippen LogP contribution >= 0.6 is 0 Å². The molecular formula is C21H13F8NO. The maximum absolute atomic E-state index is 14.2. The molecule has 0 aliphatic carbocycles. The predicted molar refractivity (Wildman–Crippen MR) is 96.6 cm³/mol. The second kappa shape index (κ2) is 8.26. The quantitative estimate of drug-likeness (QED) is 0.477. The number of Topliss-reactive ketones (excluding diaryl/α,β-unsaturated/α-hetero) is 1. The lowest BCUT2D eigenvalue weighted by Gasteiger charge is -2.19.